The van der Waals surface area contributed by atoms with Crippen LogP contribution in [0, 0.1) is 0 Å². The minimum Gasteiger partial charge on any atom is -0.496 e. The number of esters is 1. The molecule has 0 saturated carbocycles. The molecule has 1 atom stereocenters. The first-order chi connectivity index (χ1) is 14.9. The van der Waals surface area contributed by atoms with E-state index in [0.29, 0.717) is 28.5 Å². The number of hydrogen-bond acceptors (Lipinski definition) is 6. The van der Waals surface area contributed by atoms with Crippen LogP contribution in [0.2, 0.25) is 0 Å². The molecule has 7 nitrogen and oxygen atoms in total. The van der Waals surface area contributed by atoms with Crippen LogP contribution in [-0.4, -0.2) is 39.3 Å². The summed E-state index contributed by atoms with van der Waals surface area (Å²) in [5.74, 6) is 0.482. The molecule has 0 spiro atoms. The molecule has 1 aliphatic rings. The number of carbonyl (C=O) groups is 2. The molecule has 1 aliphatic carbocycles. The van der Waals surface area contributed by atoms with Gasteiger partial charge in [-0.25, -0.2) is 4.79 Å². The first-order valence-corrected chi connectivity index (χ1v) is 10.1. The zero-order chi connectivity index (χ0) is 22.4. The van der Waals surface area contributed by atoms with Crippen molar-refractivity contribution in [1.82, 2.24) is 0 Å². The Hall–Kier alpha value is -3.48. The van der Waals surface area contributed by atoms with E-state index >= 15 is 0 Å². The third kappa shape index (κ3) is 5.36. The zero-order valence-electron chi connectivity index (χ0n) is 18.2. The topological polar surface area (TPSA) is 83.1 Å². The van der Waals surface area contributed by atoms with Gasteiger partial charge in [0.1, 0.15) is 5.75 Å². The number of carbonyl (C=O) groups excluding carboxylic acids is 2. The average Bonchev–Trinajstić information content (AvgIpc) is 3.24. The van der Waals surface area contributed by atoms with Gasteiger partial charge in [-0.3, -0.25) is 4.79 Å². The van der Waals surface area contributed by atoms with E-state index in [-0.39, 0.29) is 5.91 Å². The molecule has 7 heteroatoms. The summed E-state index contributed by atoms with van der Waals surface area (Å²) in [6.07, 6.45) is 5.07. The molecule has 0 heterocycles. The Morgan fingerprint density at radius 3 is 2.32 bits per heavy atom. The van der Waals surface area contributed by atoms with Crippen molar-refractivity contribution in [3.63, 3.8) is 0 Å². The lowest BCUT2D eigenvalue weighted by atomic mass is 10.1. The van der Waals surface area contributed by atoms with E-state index in [1.165, 1.54) is 51.5 Å². The fraction of sp³-hybridized carbons (Fsp3) is 0.333. The minimum absolute atomic E-state index is 0.386. The van der Waals surface area contributed by atoms with Crippen molar-refractivity contribution < 1.29 is 28.5 Å². The molecule has 0 unspecified atom stereocenters. The molecule has 2 aromatic rings. The lowest BCUT2D eigenvalue weighted by Gasteiger charge is -2.14. The van der Waals surface area contributed by atoms with Gasteiger partial charge < -0.3 is 24.3 Å². The number of hydrogen-bond donors (Lipinski definition) is 1. The molecule has 3 rings (SSSR count). The van der Waals surface area contributed by atoms with Crippen molar-refractivity contribution in [3.05, 3.63) is 53.1 Å². The zero-order valence-corrected chi connectivity index (χ0v) is 18.2. The Balaban J connectivity index is 1.62. The van der Waals surface area contributed by atoms with E-state index in [1.807, 2.05) is 18.2 Å². The fourth-order valence-corrected chi connectivity index (χ4v) is 3.50. The molecule has 31 heavy (non-hydrogen) atoms. The Morgan fingerprint density at radius 2 is 1.61 bits per heavy atom. The molecule has 0 bridgehead atoms. The fourth-order valence-electron chi connectivity index (χ4n) is 3.50. The maximum Gasteiger partial charge on any atom is 0.331 e. The predicted octanol–water partition coefficient (Wildman–Crippen LogP) is 3.78. The van der Waals surface area contributed by atoms with Crippen molar-refractivity contribution in [3.8, 4) is 17.2 Å². The third-order valence-corrected chi connectivity index (χ3v) is 5.16. The number of anilines is 1. The van der Waals surface area contributed by atoms with Gasteiger partial charge in [0.25, 0.3) is 5.91 Å². The lowest BCUT2D eigenvalue weighted by Crippen LogP contribution is -2.29. The van der Waals surface area contributed by atoms with Gasteiger partial charge in [-0.1, -0.05) is 6.07 Å². The molecular formula is C24H27NO6. The Morgan fingerprint density at radius 1 is 0.935 bits per heavy atom. The van der Waals surface area contributed by atoms with Gasteiger partial charge in [-0.2, -0.15) is 0 Å². The summed E-state index contributed by atoms with van der Waals surface area (Å²) in [7, 11) is 4.56. The first kappa shape index (κ1) is 22.2. The molecule has 0 aliphatic heterocycles. The minimum atomic E-state index is -0.947. The second kappa shape index (κ2) is 10.0. The number of aryl methyl sites for hydroxylation is 2. The van der Waals surface area contributed by atoms with E-state index in [1.54, 1.807) is 12.1 Å². The van der Waals surface area contributed by atoms with E-state index in [4.69, 9.17) is 18.9 Å². The van der Waals surface area contributed by atoms with Crippen molar-refractivity contribution in [2.75, 3.05) is 26.6 Å². The second-order valence-corrected chi connectivity index (χ2v) is 7.19. The van der Waals surface area contributed by atoms with Gasteiger partial charge in [-0.15, -0.1) is 0 Å². The number of rotatable bonds is 8. The molecule has 1 N–H and O–H groups in total. The number of ether oxygens (including phenoxy) is 4. The number of nitrogens with one attached hydrogen (secondary N) is 1. The van der Waals surface area contributed by atoms with Crippen LogP contribution in [0.1, 0.15) is 30.0 Å². The predicted molar refractivity (Wildman–Crippen MR) is 118 cm³/mol. The number of methoxy groups -OCH3 is 3. The van der Waals surface area contributed by atoms with Crippen LogP contribution in [0.5, 0.6) is 17.2 Å². The Labute approximate surface area is 181 Å². The second-order valence-electron chi connectivity index (χ2n) is 7.19. The van der Waals surface area contributed by atoms with Crippen LogP contribution < -0.4 is 19.5 Å². The standard InChI is InChI=1S/C24H27NO6/c1-15(24(27)25-19-10-8-16-6-5-7-17(16)12-19)31-23(26)11-9-18-13-21(29-3)22(30-4)14-20(18)28-2/h8-15H,5-7H2,1-4H3,(H,25,27)/b11-9+/t15-/m1/s1. The summed E-state index contributed by atoms with van der Waals surface area (Å²) in [4.78, 5) is 24.6. The maximum absolute atomic E-state index is 12.4. The molecule has 0 fully saturated rings. The van der Waals surface area contributed by atoms with Gasteiger partial charge >= 0.3 is 5.97 Å². The largest absolute Gasteiger partial charge is 0.496 e. The van der Waals surface area contributed by atoms with Crippen LogP contribution in [0.25, 0.3) is 6.08 Å². The molecule has 0 radical (unpaired) electrons. The average molecular weight is 425 g/mol. The van der Waals surface area contributed by atoms with Crippen LogP contribution in [0.15, 0.2) is 36.4 Å². The highest BCUT2D eigenvalue weighted by Gasteiger charge is 2.18. The van der Waals surface area contributed by atoms with E-state index in [9.17, 15) is 9.59 Å². The van der Waals surface area contributed by atoms with Crippen LogP contribution >= 0.6 is 0 Å². The SMILES string of the molecule is COc1cc(OC)c(OC)cc1/C=C/C(=O)O[C@H](C)C(=O)Nc1ccc2c(c1)CCC2. The summed E-state index contributed by atoms with van der Waals surface area (Å²) in [6.45, 7) is 1.53. The number of fused-ring (bicyclic) bond motifs is 1. The summed E-state index contributed by atoms with van der Waals surface area (Å²) < 4.78 is 21.1. The highest BCUT2D eigenvalue weighted by atomic mass is 16.5. The van der Waals surface area contributed by atoms with E-state index in [2.05, 4.69) is 5.32 Å². The molecular weight excluding hydrogens is 398 g/mol. The molecule has 0 saturated heterocycles. The van der Waals surface area contributed by atoms with Gasteiger partial charge in [0, 0.05) is 23.4 Å². The highest BCUT2D eigenvalue weighted by Crippen LogP contribution is 2.35. The van der Waals surface area contributed by atoms with Crippen LogP contribution in [0.4, 0.5) is 5.69 Å². The Bertz CT molecular complexity index is 998. The van der Waals surface area contributed by atoms with Crippen molar-refractivity contribution in [2.24, 2.45) is 0 Å². The number of benzene rings is 2. The summed E-state index contributed by atoms with van der Waals surface area (Å²) in [5, 5.41) is 2.81. The molecule has 164 valence electrons. The summed E-state index contributed by atoms with van der Waals surface area (Å²) >= 11 is 0. The van der Waals surface area contributed by atoms with Crippen LogP contribution in [0.3, 0.4) is 0 Å². The first-order valence-electron chi connectivity index (χ1n) is 10.1. The molecule has 2 aromatic carbocycles. The smallest absolute Gasteiger partial charge is 0.331 e. The summed E-state index contributed by atoms with van der Waals surface area (Å²) in [5.41, 5.74) is 3.90. The van der Waals surface area contributed by atoms with Gasteiger partial charge in [0.2, 0.25) is 0 Å². The van der Waals surface area contributed by atoms with E-state index in [0.717, 1.165) is 19.3 Å². The highest BCUT2D eigenvalue weighted by molar-refractivity contribution is 5.96. The Kier molecular flexibility index (Phi) is 7.18. The molecule has 0 aromatic heterocycles. The molecule has 1 amide bonds. The monoisotopic (exact) mass is 425 g/mol. The van der Waals surface area contributed by atoms with Gasteiger partial charge in [-0.05, 0) is 61.6 Å². The lowest BCUT2D eigenvalue weighted by molar-refractivity contribution is -0.148. The van der Waals surface area contributed by atoms with Crippen LogP contribution in [-0.2, 0) is 27.2 Å². The van der Waals surface area contributed by atoms with Gasteiger partial charge in [0.15, 0.2) is 17.6 Å². The van der Waals surface area contributed by atoms with Crippen molar-refractivity contribution in [1.29, 1.82) is 0 Å². The van der Waals surface area contributed by atoms with Crippen molar-refractivity contribution in [2.45, 2.75) is 32.3 Å². The van der Waals surface area contributed by atoms with Crippen molar-refractivity contribution >= 4 is 23.6 Å². The normalized spacial score (nSPS) is 13.4. The third-order valence-electron chi connectivity index (χ3n) is 5.16. The number of amides is 1. The van der Waals surface area contributed by atoms with Gasteiger partial charge in [0.05, 0.1) is 21.3 Å². The summed E-state index contributed by atoms with van der Waals surface area (Å²) in [6, 6.07) is 9.24. The quantitative estimate of drug-likeness (QED) is 0.512. The maximum atomic E-state index is 12.4. The van der Waals surface area contributed by atoms with E-state index < -0.39 is 12.1 Å².